The monoisotopic (exact) mass is 439 g/mol. The van der Waals surface area contributed by atoms with E-state index in [1.165, 1.54) is 6.33 Å². The third-order valence-electron chi connectivity index (χ3n) is 5.19. The van der Waals surface area contributed by atoms with E-state index in [2.05, 4.69) is 20.7 Å². The third kappa shape index (κ3) is 6.39. The lowest BCUT2D eigenvalue weighted by Crippen LogP contribution is -2.50. The molecule has 2 unspecified atom stereocenters. The summed E-state index contributed by atoms with van der Waals surface area (Å²) in [6, 6.07) is 13.9. The van der Waals surface area contributed by atoms with Crippen molar-refractivity contribution in [1.29, 1.82) is 0 Å². The van der Waals surface area contributed by atoms with Crippen LogP contribution in [0.1, 0.15) is 41.8 Å². The summed E-state index contributed by atoms with van der Waals surface area (Å²) in [4.78, 5) is 29.4. The molecule has 3 rings (SSSR count). The lowest BCUT2D eigenvalue weighted by atomic mass is 9.97. The number of nitrogens with zero attached hydrogens (tertiary/aromatic N) is 3. The molecule has 2 aromatic carbocycles. The van der Waals surface area contributed by atoms with Crippen molar-refractivity contribution in [2.45, 2.75) is 39.4 Å². The highest BCUT2D eigenvalue weighted by Crippen LogP contribution is 2.13. The van der Waals surface area contributed by atoms with Gasteiger partial charge < -0.3 is 10.6 Å². The Morgan fingerprint density at radius 3 is 2.35 bits per heavy atom. The highest BCUT2D eigenvalue weighted by Gasteiger charge is 2.26. The molecule has 1 heterocycles. The topological polar surface area (TPSA) is 88.9 Å². The van der Waals surface area contributed by atoms with Crippen LogP contribution in [0.3, 0.4) is 0 Å². The van der Waals surface area contributed by atoms with Gasteiger partial charge in [-0.05, 0) is 41.3 Å². The maximum Gasteiger partial charge on any atom is 0.251 e. The number of aromatic nitrogens is 3. The van der Waals surface area contributed by atoms with Gasteiger partial charge in [-0.2, -0.15) is 5.10 Å². The van der Waals surface area contributed by atoms with Crippen LogP contribution in [0, 0.1) is 5.92 Å². The van der Waals surface area contributed by atoms with Crippen LogP contribution in [-0.4, -0.2) is 32.6 Å². The van der Waals surface area contributed by atoms with Crippen LogP contribution in [0.4, 0.5) is 0 Å². The van der Waals surface area contributed by atoms with Gasteiger partial charge in [-0.25, -0.2) is 9.67 Å². The Morgan fingerprint density at radius 1 is 1.06 bits per heavy atom. The van der Waals surface area contributed by atoms with Gasteiger partial charge in [-0.3, -0.25) is 9.59 Å². The van der Waals surface area contributed by atoms with Gasteiger partial charge in [0.05, 0.1) is 6.54 Å². The van der Waals surface area contributed by atoms with Gasteiger partial charge >= 0.3 is 0 Å². The molecular formula is C23H26ClN5O2. The molecular weight excluding hydrogens is 414 g/mol. The summed E-state index contributed by atoms with van der Waals surface area (Å²) in [5.41, 5.74) is 2.53. The minimum atomic E-state index is -0.625. The van der Waals surface area contributed by atoms with Crippen LogP contribution in [0.5, 0.6) is 0 Å². The maximum absolute atomic E-state index is 12.9. The summed E-state index contributed by atoms with van der Waals surface area (Å²) < 4.78 is 1.75. The quantitative estimate of drug-likeness (QED) is 0.534. The Bertz CT molecular complexity index is 988. The molecule has 0 aliphatic carbocycles. The number of carbonyl (C=O) groups excluding carboxylic acids is 2. The second kappa shape index (κ2) is 10.7. The Kier molecular flexibility index (Phi) is 7.78. The van der Waals surface area contributed by atoms with Crippen molar-refractivity contribution in [2.75, 3.05) is 0 Å². The molecule has 0 aliphatic heterocycles. The van der Waals surface area contributed by atoms with Crippen molar-refractivity contribution in [3.8, 4) is 0 Å². The average molecular weight is 440 g/mol. The molecule has 8 heteroatoms. The molecule has 0 spiro atoms. The fourth-order valence-corrected chi connectivity index (χ4v) is 3.22. The second-order valence-electron chi connectivity index (χ2n) is 7.47. The molecule has 31 heavy (non-hydrogen) atoms. The van der Waals surface area contributed by atoms with Crippen LogP contribution < -0.4 is 10.6 Å². The van der Waals surface area contributed by atoms with E-state index in [-0.39, 0.29) is 17.7 Å². The molecule has 3 aromatic rings. The summed E-state index contributed by atoms with van der Waals surface area (Å²) in [5, 5.41) is 10.5. The average Bonchev–Trinajstić information content (AvgIpc) is 3.29. The first kappa shape index (κ1) is 22.5. The van der Waals surface area contributed by atoms with Crippen molar-refractivity contribution in [3.05, 3.63) is 82.9 Å². The molecule has 0 radical (unpaired) electrons. The van der Waals surface area contributed by atoms with E-state index in [0.29, 0.717) is 23.7 Å². The predicted octanol–water partition coefficient (Wildman–Crippen LogP) is 3.44. The number of carbonyl (C=O) groups is 2. The van der Waals surface area contributed by atoms with Crippen molar-refractivity contribution in [3.63, 3.8) is 0 Å². The fourth-order valence-electron chi connectivity index (χ4n) is 3.09. The van der Waals surface area contributed by atoms with Gasteiger partial charge in [-0.1, -0.05) is 56.1 Å². The predicted molar refractivity (Wildman–Crippen MR) is 120 cm³/mol. The van der Waals surface area contributed by atoms with Crippen molar-refractivity contribution >= 4 is 23.4 Å². The van der Waals surface area contributed by atoms with Gasteiger partial charge in [0.1, 0.15) is 18.7 Å². The lowest BCUT2D eigenvalue weighted by Gasteiger charge is -2.23. The first-order chi connectivity index (χ1) is 15.0. The summed E-state index contributed by atoms with van der Waals surface area (Å²) in [6.07, 6.45) is 3.93. The van der Waals surface area contributed by atoms with E-state index < -0.39 is 6.04 Å². The van der Waals surface area contributed by atoms with E-state index in [4.69, 9.17) is 11.6 Å². The molecule has 0 fully saturated rings. The summed E-state index contributed by atoms with van der Waals surface area (Å²) in [7, 11) is 0. The number of halogens is 1. The lowest BCUT2D eigenvalue weighted by molar-refractivity contribution is -0.124. The summed E-state index contributed by atoms with van der Waals surface area (Å²) in [6.45, 7) is 4.96. The SMILES string of the molecule is CCC(C)C(NC(=O)c1ccc(Cl)cc1)C(=O)NCc1ccc(Cn2cncn2)cc1. The highest BCUT2D eigenvalue weighted by atomic mass is 35.5. The minimum absolute atomic E-state index is 0.0127. The number of nitrogens with one attached hydrogen (secondary N) is 2. The first-order valence-electron chi connectivity index (χ1n) is 10.2. The Labute approximate surface area is 186 Å². The zero-order valence-corrected chi connectivity index (χ0v) is 18.3. The van der Waals surface area contributed by atoms with E-state index in [1.54, 1.807) is 35.3 Å². The smallest absolute Gasteiger partial charge is 0.251 e. The van der Waals surface area contributed by atoms with E-state index >= 15 is 0 Å². The number of rotatable bonds is 9. The summed E-state index contributed by atoms with van der Waals surface area (Å²) >= 11 is 5.89. The Balaban J connectivity index is 1.58. The van der Waals surface area contributed by atoms with Crippen LogP contribution in [0.25, 0.3) is 0 Å². The molecule has 1 aromatic heterocycles. The number of hydrogen-bond acceptors (Lipinski definition) is 4. The van der Waals surface area contributed by atoms with Crippen LogP contribution >= 0.6 is 11.6 Å². The van der Waals surface area contributed by atoms with Crippen LogP contribution in [-0.2, 0) is 17.9 Å². The second-order valence-corrected chi connectivity index (χ2v) is 7.91. The van der Waals surface area contributed by atoms with Crippen molar-refractivity contribution in [1.82, 2.24) is 25.4 Å². The maximum atomic E-state index is 12.9. The molecule has 0 aliphatic rings. The largest absolute Gasteiger partial charge is 0.350 e. The first-order valence-corrected chi connectivity index (χ1v) is 10.6. The molecule has 2 atom stereocenters. The Hall–Kier alpha value is -3.19. The summed E-state index contributed by atoms with van der Waals surface area (Å²) in [5.74, 6) is -0.515. The molecule has 0 saturated carbocycles. The molecule has 162 valence electrons. The van der Waals surface area contributed by atoms with E-state index in [0.717, 1.165) is 17.5 Å². The Morgan fingerprint density at radius 2 is 1.74 bits per heavy atom. The number of hydrogen-bond donors (Lipinski definition) is 2. The highest BCUT2D eigenvalue weighted by molar-refractivity contribution is 6.30. The van der Waals surface area contributed by atoms with Crippen LogP contribution in [0.15, 0.2) is 61.2 Å². The van der Waals surface area contributed by atoms with E-state index in [9.17, 15) is 9.59 Å². The van der Waals surface area contributed by atoms with E-state index in [1.807, 2.05) is 38.1 Å². The fraction of sp³-hybridized carbons (Fsp3) is 0.304. The minimum Gasteiger partial charge on any atom is -0.350 e. The van der Waals surface area contributed by atoms with Crippen LogP contribution in [0.2, 0.25) is 5.02 Å². The third-order valence-corrected chi connectivity index (χ3v) is 5.44. The number of benzene rings is 2. The zero-order valence-electron chi connectivity index (χ0n) is 17.6. The molecule has 7 nitrogen and oxygen atoms in total. The normalized spacial score (nSPS) is 12.7. The zero-order chi connectivity index (χ0) is 22.2. The van der Waals surface area contributed by atoms with Gasteiger partial charge in [0.15, 0.2) is 0 Å². The molecule has 0 saturated heterocycles. The standard InChI is InChI=1S/C23H26ClN5O2/c1-3-16(2)21(28-22(30)19-8-10-20(24)11-9-19)23(31)26-12-17-4-6-18(7-5-17)13-29-15-25-14-27-29/h4-11,14-16,21H,3,12-13H2,1-2H3,(H,26,31)(H,28,30). The molecule has 0 bridgehead atoms. The van der Waals surface area contributed by atoms with Gasteiger partial charge in [-0.15, -0.1) is 0 Å². The van der Waals surface area contributed by atoms with Gasteiger partial charge in [0, 0.05) is 17.1 Å². The van der Waals surface area contributed by atoms with Crippen molar-refractivity contribution in [2.24, 2.45) is 5.92 Å². The van der Waals surface area contributed by atoms with Gasteiger partial charge in [0.25, 0.3) is 5.91 Å². The van der Waals surface area contributed by atoms with Crippen molar-refractivity contribution < 1.29 is 9.59 Å². The molecule has 2 N–H and O–H groups in total. The molecule has 2 amide bonds. The number of amides is 2. The van der Waals surface area contributed by atoms with Gasteiger partial charge in [0.2, 0.25) is 5.91 Å².